The summed E-state index contributed by atoms with van der Waals surface area (Å²) in [4.78, 5) is 25.2. The van der Waals surface area contributed by atoms with E-state index < -0.39 is 40.0 Å². The van der Waals surface area contributed by atoms with E-state index in [1.807, 2.05) is 0 Å². The van der Waals surface area contributed by atoms with Crippen LogP contribution in [-0.4, -0.2) is 21.6 Å². The minimum atomic E-state index is -4.73. The van der Waals surface area contributed by atoms with Gasteiger partial charge < -0.3 is 15.4 Å². The maximum absolute atomic E-state index is 12.8. The molecule has 0 radical (unpaired) electrons. The zero-order valence-electron chi connectivity index (χ0n) is 15.8. The lowest BCUT2D eigenvalue weighted by molar-refractivity contribution is -0.384. The normalized spacial score (nSPS) is 11.7. The summed E-state index contributed by atoms with van der Waals surface area (Å²) < 4.78 is 43.6. The Labute approximate surface area is 164 Å². The SMILES string of the molecule is CC(C)(C)OC(=O)NCc1ccc(Nc2nc(C(F)(F)F)ccc2[N+](=O)[O-])cc1. The number of nitrogens with one attached hydrogen (secondary N) is 2. The van der Waals surface area contributed by atoms with E-state index in [9.17, 15) is 28.1 Å². The molecule has 1 amide bonds. The summed E-state index contributed by atoms with van der Waals surface area (Å²) in [5.41, 5.74) is -1.49. The topological polar surface area (TPSA) is 106 Å². The molecule has 1 aromatic carbocycles. The van der Waals surface area contributed by atoms with Crippen molar-refractivity contribution in [2.75, 3.05) is 5.32 Å². The first-order valence-corrected chi connectivity index (χ1v) is 8.40. The molecule has 156 valence electrons. The number of hydrogen-bond donors (Lipinski definition) is 2. The number of rotatable bonds is 5. The number of nitro groups is 1. The molecule has 0 bridgehead atoms. The molecule has 0 saturated carbocycles. The monoisotopic (exact) mass is 412 g/mol. The van der Waals surface area contributed by atoms with Crippen LogP contribution >= 0.6 is 0 Å². The second kappa shape index (κ2) is 8.33. The van der Waals surface area contributed by atoms with Crippen molar-refractivity contribution in [2.45, 2.75) is 39.1 Å². The third kappa shape index (κ3) is 6.63. The first-order valence-electron chi connectivity index (χ1n) is 8.40. The van der Waals surface area contributed by atoms with E-state index in [0.717, 1.165) is 6.07 Å². The first-order chi connectivity index (χ1) is 13.3. The van der Waals surface area contributed by atoms with Gasteiger partial charge in [0.15, 0.2) is 0 Å². The van der Waals surface area contributed by atoms with Crippen LogP contribution in [0.3, 0.4) is 0 Å². The molecule has 1 aromatic heterocycles. The predicted molar refractivity (Wildman–Crippen MR) is 98.7 cm³/mol. The van der Waals surface area contributed by atoms with Crippen LogP contribution < -0.4 is 10.6 Å². The number of benzene rings is 1. The molecule has 11 heteroatoms. The minimum Gasteiger partial charge on any atom is -0.444 e. The fourth-order valence-electron chi connectivity index (χ4n) is 2.18. The third-order valence-electron chi connectivity index (χ3n) is 3.41. The molecule has 29 heavy (non-hydrogen) atoms. The number of amides is 1. The van der Waals surface area contributed by atoms with Crippen LogP contribution in [0.4, 0.5) is 35.2 Å². The molecule has 0 fully saturated rings. The molecule has 8 nitrogen and oxygen atoms in total. The number of nitrogens with zero attached hydrogens (tertiary/aromatic N) is 2. The highest BCUT2D eigenvalue weighted by Crippen LogP contribution is 2.33. The molecule has 0 aliphatic carbocycles. The van der Waals surface area contributed by atoms with Crippen molar-refractivity contribution in [1.82, 2.24) is 10.3 Å². The second-order valence-electron chi connectivity index (χ2n) is 7.00. The standard InChI is InChI=1S/C18H19F3N4O4/c1-17(2,3)29-16(26)22-10-11-4-6-12(7-5-11)23-15-13(25(27)28)8-9-14(24-15)18(19,20)21/h4-9H,10H2,1-3H3,(H,22,26)(H,23,24). The molecule has 0 aliphatic rings. The Hall–Kier alpha value is -3.37. The number of pyridine rings is 1. The first kappa shape index (κ1) is 21.9. The van der Waals surface area contributed by atoms with Crippen LogP contribution in [0.2, 0.25) is 0 Å². The Morgan fingerprint density at radius 1 is 1.14 bits per heavy atom. The minimum absolute atomic E-state index is 0.164. The van der Waals surface area contributed by atoms with Crippen molar-refractivity contribution in [3.63, 3.8) is 0 Å². The van der Waals surface area contributed by atoms with E-state index in [1.54, 1.807) is 32.9 Å². The van der Waals surface area contributed by atoms with Crippen molar-refractivity contribution in [2.24, 2.45) is 0 Å². The Morgan fingerprint density at radius 2 is 1.76 bits per heavy atom. The van der Waals surface area contributed by atoms with Gasteiger partial charge in [-0.05, 0) is 44.5 Å². The Balaban J connectivity index is 2.11. The summed E-state index contributed by atoms with van der Waals surface area (Å²) in [5, 5.41) is 16.2. The van der Waals surface area contributed by atoms with E-state index in [4.69, 9.17) is 4.74 Å². The highest BCUT2D eigenvalue weighted by atomic mass is 19.4. The Bertz CT molecular complexity index is 893. The van der Waals surface area contributed by atoms with Crippen LogP contribution in [0.25, 0.3) is 0 Å². The fourth-order valence-corrected chi connectivity index (χ4v) is 2.18. The Morgan fingerprint density at radius 3 is 2.28 bits per heavy atom. The summed E-state index contributed by atoms with van der Waals surface area (Å²) in [6.07, 6.45) is -5.33. The summed E-state index contributed by atoms with van der Waals surface area (Å²) in [6.45, 7) is 5.35. The fraction of sp³-hybridized carbons (Fsp3) is 0.333. The van der Waals surface area contributed by atoms with Gasteiger partial charge in [0, 0.05) is 18.3 Å². The summed E-state index contributed by atoms with van der Waals surface area (Å²) in [6, 6.07) is 7.49. The van der Waals surface area contributed by atoms with Gasteiger partial charge in [0.2, 0.25) is 5.82 Å². The molecule has 0 aliphatic heterocycles. The average Bonchev–Trinajstić information content (AvgIpc) is 2.58. The van der Waals surface area contributed by atoms with Crippen LogP contribution in [0.1, 0.15) is 32.0 Å². The van der Waals surface area contributed by atoms with E-state index in [0.29, 0.717) is 17.3 Å². The number of alkyl halides is 3. The molecule has 1 heterocycles. The predicted octanol–water partition coefficient (Wildman–Crippen LogP) is 4.78. The molecular weight excluding hydrogens is 393 g/mol. The molecule has 0 atom stereocenters. The lowest BCUT2D eigenvalue weighted by atomic mass is 10.2. The van der Waals surface area contributed by atoms with E-state index in [-0.39, 0.29) is 6.54 Å². The largest absolute Gasteiger partial charge is 0.444 e. The third-order valence-corrected chi connectivity index (χ3v) is 3.41. The van der Waals surface area contributed by atoms with Gasteiger partial charge in [-0.2, -0.15) is 13.2 Å². The van der Waals surface area contributed by atoms with Gasteiger partial charge in [-0.3, -0.25) is 10.1 Å². The summed E-state index contributed by atoms with van der Waals surface area (Å²) in [5.74, 6) is -0.524. The van der Waals surface area contributed by atoms with Crippen LogP contribution in [0.15, 0.2) is 36.4 Å². The number of hydrogen-bond acceptors (Lipinski definition) is 6. The summed E-state index contributed by atoms with van der Waals surface area (Å²) in [7, 11) is 0. The van der Waals surface area contributed by atoms with Gasteiger partial charge >= 0.3 is 18.0 Å². The zero-order chi connectivity index (χ0) is 21.8. The number of carbonyl (C=O) groups excluding carboxylic acids is 1. The molecular formula is C18H19F3N4O4. The van der Waals surface area contributed by atoms with Crippen molar-refractivity contribution < 1.29 is 27.6 Å². The maximum Gasteiger partial charge on any atom is 0.433 e. The molecule has 0 unspecified atom stereocenters. The zero-order valence-corrected chi connectivity index (χ0v) is 15.8. The number of alkyl carbamates (subject to hydrolysis) is 1. The van der Waals surface area contributed by atoms with Gasteiger partial charge in [-0.1, -0.05) is 12.1 Å². The van der Waals surface area contributed by atoms with Crippen molar-refractivity contribution in [3.8, 4) is 0 Å². The number of ether oxygens (including phenoxy) is 1. The number of aromatic nitrogens is 1. The second-order valence-corrected chi connectivity index (χ2v) is 7.00. The van der Waals surface area contributed by atoms with Crippen molar-refractivity contribution in [3.05, 3.63) is 57.8 Å². The van der Waals surface area contributed by atoms with Crippen molar-refractivity contribution in [1.29, 1.82) is 0 Å². The summed E-state index contributed by atoms with van der Waals surface area (Å²) >= 11 is 0. The van der Waals surface area contributed by atoms with E-state index >= 15 is 0 Å². The maximum atomic E-state index is 12.8. The highest BCUT2D eigenvalue weighted by Gasteiger charge is 2.34. The molecule has 0 saturated heterocycles. The van der Waals surface area contributed by atoms with E-state index in [2.05, 4.69) is 15.6 Å². The average molecular weight is 412 g/mol. The number of carbonyl (C=O) groups is 1. The molecule has 0 spiro atoms. The smallest absolute Gasteiger partial charge is 0.433 e. The van der Waals surface area contributed by atoms with Crippen LogP contribution in [0, 0.1) is 10.1 Å². The lowest BCUT2D eigenvalue weighted by Crippen LogP contribution is -2.32. The van der Waals surface area contributed by atoms with Gasteiger partial charge in [0.25, 0.3) is 0 Å². The van der Waals surface area contributed by atoms with Crippen molar-refractivity contribution >= 4 is 23.3 Å². The Kier molecular flexibility index (Phi) is 6.30. The van der Waals surface area contributed by atoms with Gasteiger partial charge in [0.05, 0.1) is 4.92 Å². The van der Waals surface area contributed by atoms with Crippen LogP contribution in [-0.2, 0) is 17.5 Å². The van der Waals surface area contributed by atoms with Crippen LogP contribution in [0.5, 0.6) is 0 Å². The number of anilines is 2. The molecule has 2 N–H and O–H groups in total. The number of halogens is 3. The lowest BCUT2D eigenvalue weighted by Gasteiger charge is -2.19. The quantitative estimate of drug-likeness (QED) is 0.541. The van der Waals surface area contributed by atoms with Gasteiger partial charge in [0.1, 0.15) is 11.3 Å². The highest BCUT2D eigenvalue weighted by molar-refractivity contribution is 5.68. The van der Waals surface area contributed by atoms with Gasteiger partial charge in [-0.15, -0.1) is 0 Å². The molecule has 2 aromatic rings. The van der Waals surface area contributed by atoms with E-state index in [1.165, 1.54) is 12.1 Å². The van der Waals surface area contributed by atoms with Gasteiger partial charge in [-0.25, -0.2) is 9.78 Å². The molecule has 2 rings (SSSR count).